The molecule has 2 fully saturated rings. The predicted molar refractivity (Wildman–Crippen MR) is 95.5 cm³/mol. The molecule has 0 saturated heterocycles. The molecule has 1 aromatic rings. The average Bonchev–Trinajstić information content (AvgIpc) is 2.91. The summed E-state index contributed by atoms with van der Waals surface area (Å²) in [6.45, 7) is 7.48. The summed E-state index contributed by atoms with van der Waals surface area (Å²) >= 11 is 0. The Morgan fingerprint density at radius 2 is 2.04 bits per heavy atom. The molecule has 0 heterocycles. The van der Waals surface area contributed by atoms with E-state index in [0.29, 0.717) is 17.9 Å². The highest BCUT2D eigenvalue weighted by molar-refractivity contribution is 5.40. The van der Waals surface area contributed by atoms with Crippen molar-refractivity contribution < 1.29 is 5.11 Å². The molecule has 0 aromatic heterocycles. The zero-order valence-electron chi connectivity index (χ0n) is 15.0. The number of fused-ring (bicyclic) bond motifs is 5. The maximum atomic E-state index is 9.69. The molecule has 0 aliphatic heterocycles. The maximum absolute atomic E-state index is 9.69. The Morgan fingerprint density at radius 1 is 1.22 bits per heavy atom. The van der Waals surface area contributed by atoms with Gasteiger partial charge in [-0.2, -0.15) is 0 Å². The summed E-state index contributed by atoms with van der Waals surface area (Å²) < 4.78 is 0. The molecular weight excluding hydrogens is 280 g/mol. The van der Waals surface area contributed by atoms with Gasteiger partial charge < -0.3 is 5.11 Å². The molecule has 3 aliphatic rings. The third-order valence-electron chi connectivity index (χ3n) is 8.06. The highest BCUT2D eigenvalue weighted by Crippen LogP contribution is 2.64. The van der Waals surface area contributed by atoms with E-state index in [1.165, 1.54) is 44.1 Å². The number of benzene rings is 1. The van der Waals surface area contributed by atoms with Gasteiger partial charge in [-0.15, -0.1) is 0 Å². The standard InChI is InChI=1S/C22H32O/c1-14-5-4-6-17-16(14)7-8-19-18(17)11-12-22(3)20(15(2)13-23)9-10-21(19)22/h4-6,15,18-21,23H,7-13H2,1-3H3/t15-,18-,19-,20-,21+,22-/m1/s1. The zero-order chi connectivity index (χ0) is 16.2. The topological polar surface area (TPSA) is 20.2 Å². The largest absolute Gasteiger partial charge is 0.396 e. The molecule has 126 valence electrons. The van der Waals surface area contributed by atoms with Crippen molar-refractivity contribution >= 4 is 0 Å². The van der Waals surface area contributed by atoms with Gasteiger partial charge in [-0.25, -0.2) is 0 Å². The van der Waals surface area contributed by atoms with Gasteiger partial charge in [0.05, 0.1) is 0 Å². The van der Waals surface area contributed by atoms with Gasteiger partial charge in [0.25, 0.3) is 0 Å². The molecular formula is C22H32O. The molecule has 6 atom stereocenters. The normalized spacial score (nSPS) is 40.2. The fourth-order valence-electron chi connectivity index (χ4n) is 6.90. The lowest BCUT2D eigenvalue weighted by molar-refractivity contribution is 0.00155. The van der Waals surface area contributed by atoms with Gasteiger partial charge >= 0.3 is 0 Å². The molecule has 0 radical (unpaired) electrons. The highest BCUT2D eigenvalue weighted by atomic mass is 16.3. The number of aliphatic hydroxyl groups excluding tert-OH is 1. The van der Waals surface area contributed by atoms with E-state index in [4.69, 9.17) is 0 Å². The Balaban J connectivity index is 1.66. The van der Waals surface area contributed by atoms with Gasteiger partial charge in [-0.1, -0.05) is 32.0 Å². The Labute approximate surface area is 141 Å². The van der Waals surface area contributed by atoms with E-state index >= 15 is 0 Å². The fourth-order valence-corrected chi connectivity index (χ4v) is 6.90. The summed E-state index contributed by atoms with van der Waals surface area (Å²) in [6, 6.07) is 6.99. The number of hydrogen-bond donors (Lipinski definition) is 1. The van der Waals surface area contributed by atoms with Crippen LogP contribution >= 0.6 is 0 Å². The van der Waals surface area contributed by atoms with Crippen molar-refractivity contribution in [3.8, 4) is 0 Å². The quantitative estimate of drug-likeness (QED) is 0.806. The van der Waals surface area contributed by atoms with Crippen LogP contribution in [0.4, 0.5) is 0 Å². The van der Waals surface area contributed by atoms with Crippen molar-refractivity contribution in [3.63, 3.8) is 0 Å². The lowest BCUT2D eigenvalue weighted by Gasteiger charge is -2.52. The lowest BCUT2D eigenvalue weighted by Crippen LogP contribution is -2.44. The van der Waals surface area contributed by atoms with E-state index in [1.54, 1.807) is 11.1 Å². The van der Waals surface area contributed by atoms with Crippen LogP contribution in [0.2, 0.25) is 0 Å². The van der Waals surface area contributed by atoms with E-state index in [9.17, 15) is 5.11 Å². The van der Waals surface area contributed by atoms with Crippen LogP contribution in [-0.2, 0) is 6.42 Å². The first-order valence-electron chi connectivity index (χ1n) is 9.75. The van der Waals surface area contributed by atoms with E-state index in [2.05, 4.69) is 39.0 Å². The van der Waals surface area contributed by atoms with Crippen molar-refractivity contribution in [1.82, 2.24) is 0 Å². The van der Waals surface area contributed by atoms with Gasteiger partial charge in [0.1, 0.15) is 0 Å². The molecule has 4 rings (SSSR count). The Morgan fingerprint density at radius 3 is 2.83 bits per heavy atom. The Bertz CT molecular complexity index is 592. The van der Waals surface area contributed by atoms with Crippen LogP contribution in [-0.4, -0.2) is 11.7 Å². The minimum Gasteiger partial charge on any atom is -0.396 e. The number of rotatable bonds is 2. The zero-order valence-corrected chi connectivity index (χ0v) is 15.0. The Hall–Kier alpha value is -0.820. The van der Waals surface area contributed by atoms with Gasteiger partial charge in [0.15, 0.2) is 0 Å². The van der Waals surface area contributed by atoms with E-state index in [-0.39, 0.29) is 0 Å². The number of aryl methyl sites for hydroxylation is 1. The van der Waals surface area contributed by atoms with Gasteiger partial charge in [-0.05, 0) is 97.1 Å². The minimum absolute atomic E-state index is 0.364. The van der Waals surface area contributed by atoms with E-state index < -0.39 is 0 Å². The average molecular weight is 312 g/mol. The maximum Gasteiger partial charge on any atom is 0.0459 e. The van der Waals surface area contributed by atoms with Crippen LogP contribution in [0.3, 0.4) is 0 Å². The second-order valence-electron chi connectivity index (χ2n) is 8.95. The number of aliphatic hydroxyl groups is 1. The Kier molecular flexibility index (Phi) is 3.83. The first-order valence-corrected chi connectivity index (χ1v) is 9.75. The lowest BCUT2D eigenvalue weighted by atomic mass is 9.53. The van der Waals surface area contributed by atoms with Gasteiger partial charge in [-0.3, -0.25) is 0 Å². The van der Waals surface area contributed by atoms with E-state index in [0.717, 1.165) is 23.7 Å². The minimum atomic E-state index is 0.364. The summed E-state index contributed by atoms with van der Waals surface area (Å²) in [4.78, 5) is 0. The monoisotopic (exact) mass is 312 g/mol. The van der Waals surface area contributed by atoms with Gasteiger partial charge in [0.2, 0.25) is 0 Å². The van der Waals surface area contributed by atoms with Crippen molar-refractivity contribution in [3.05, 3.63) is 34.9 Å². The van der Waals surface area contributed by atoms with Crippen LogP contribution in [0.15, 0.2) is 18.2 Å². The number of hydrogen-bond acceptors (Lipinski definition) is 1. The second-order valence-corrected chi connectivity index (χ2v) is 8.95. The smallest absolute Gasteiger partial charge is 0.0459 e. The van der Waals surface area contributed by atoms with Crippen LogP contribution < -0.4 is 0 Å². The highest BCUT2D eigenvalue weighted by Gasteiger charge is 2.55. The third kappa shape index (κ3) is 2.22. The van der Waals surface area contributed by atoms with Gasteiger partial charge in [0, 0.05) is 6.61 Å². The molecule has 0 amide bonds. The SMILES string of the molecule is Cc1cccc2c1CC[C@@H]1[C@@H]2CC[C@]2(C)[C@@H]([C@H](C)CO)CC[C@@H]12. The summed E-state index contributed by atoms with van der Waals surface area (Å²) in [5, 5.41) is 9.69. The van der Waals surface area contributed by atoms with E-state index in [1.807, 2.05) is 0 Å². The molecule has 1 N–H and O–H groups in total. The van der Waals surface area contributed by atoms with Crippen molar-refractivity contribution in [2.75, 3.05) is 6.61 Å². The summed E-state index contributed by atoms with van der Waals surface area (Å²) in [5.74, 6) is 3.78. The van der Waals surface area contributed by atoms with Crippen LogP contribution in [0, 0.1) is 36.0 Å². The predicted octanol–water partition coefficient (Wildman–Crippen LogP) is 5.10. The summed E-state index contributed by atoms with van der Waals surface area (Å²) in [6.07, 6.45) is 8.14. The fraction of sp³-hybridized carbons (Fsp3) is 0.727. The molecule has 2 saturated carbocycles. The molecule has 1 heteroatoms. The summed E-state index contributed by atoms with van der Waals surface area (Å²) in [5.41, 5.74) is 5.33. The summed E-state index contributed by atoms with van der Waals surface area (Å²) in [7, 11) is 0. The molecule has 23 heavy (non-hydrogen) atoms. The third-order valence-corrected chi connectivity index (χ3v) is 8.06. The van der Waals surface area contributed by atoms with Crippen LogP contribution in [0.1, 0.15) is 68.6 Å². The first-order chi connectivity index (χ1) is 11.1. The first kappa shape index (κ1) is 15.7. The molecule has 0 spiro atoms. The molecule has 1 nitrogen and oxygen atoms in total. The van der Waals surface area contributed by atoms with Crippen LogP contribution in [0.25, 0.3) is 0 Å². The van der Waals surface area contributed by atoms with Crippen molar-refractivity contribution in [2.45, 2.75) is 65.2 Å². The molecule has 0 unspecified atom stereocenters. The van der Waals surface area contributed by atoms with Crippen molar-refractivity contribution in [2.24, 2.45) is 29.1 Å². The van der Waals surface area contributed by atoms with Crippen LogP contribution in [0.5, 0.6) is 0 Å². The second kappa shape index (κ2) is 5.62. The molecule has 0 bridgehead atoms. The van der Waals surface area contributed by atoms with Crippen molar-refractivity contribution in [1.29, 1.82) is 0 Å². The molecule has 3 aliphatic carbocycles. The molecule has 1 aromatic carbocycles.